The first-order chi connectivity index (χ1) is 12.0. The number of hydrogen-bond donors (Lipinski definition) is 0. The largest absolute Gasteiger partial charge is 0.337 e. The van der Waals surface area contributed by atoms with Crippen molar-refractivity contribution in [2.45, 2.75) is 26.2 Å². The second-order valence-electron chi connectivity index (χ2n) is 6.60. The number of rotatable bonds is 2. The molecule has 1 atom stereocenters. The highest BCUT2D eigenvalue weighted by molar-refractivity contribution is 5.93. The van der Waals surface area contributed by atoms with E-state index in [0.29, 0.717) is 30.0 Å². The van der Waals surface area contributed by atoms with Gasteiger partial charge in [0, 0.05) is 30.8 Å². The lowest BCUT2D eigenvalue weighted by molar-refractivity contribution is 0.0785. The predicted molar refractivity (Wildman–Crippen MR) is 92.1 cm³/mol. The fourth-order valence-electron chi connectivity index (χ4n) is 3.52. The molecule has 1 aliphatic rings. The Morgan fingerprint density at radius 3 is 2.84 bits per heavy atom. The van der Waals surface area contributed by atoms with Gasteiger partial charge >= 0.3 is 0 Å². The highest BCUT2D eigenvalue weighted by Crippen LogP contribution is 2.29. The third-order valence-corrected chi connectivity index (χ3v) is 4.77. The van der Waals surface area contributed by atoms with E-state index >= 15 is 0 Å². The van der Waals surface area contributed by atoms with Crippen LogP contribution in [0.2, 0.25) is 0 Å². The van der Waals surface area contributed by atoms with Crippen molar-refractivity contribution in [1.29, 1.82) is 0 Å². The van der Waals surface area contributed by atoms with Gasteiger partial charge in [-0.1, -0.05) is 18.2 Å². The molecule has 2 aromatic heterocycles. The lowest BCUT2D eigenvalue weighted by Gasteiger charge is -2.17. The Morgan fingerprint density at radius 2 is 2.04 bits per heavy atom. The lowest BCUT2D eigenvalue weighted by Crippen LogP contribution is -2.29. The van der Waals surface area contributed by atoms with E-state index in [1.165, 1.54) is 6.07 Å². The fourth-order valence-corrected chi connectivity index (χ4v) is 3.52. The summed E-state index contributed by atoms with van der Waals surface area (Å²) in [5.41, 5.74) is 3.50. The second-order valence-corrected chi connectivity index (χ2v) is 6.60. The maximum atomic E-state index is 14.0. The highest BCUT2D eigenvalue weighted by Gasteiger charge is 2.30. The molecule has 3 heterocycles. The molecule has 1 saturated heterocycles. The molecule has 0 N–H and O–H groups in total. The average Bonchev–Trinajstić information content (AvgIpc) is 3.21. The van der Waals surface area contributed by atoms with Gasteiger partial charge in [0.2, 0.25) is 0 Å². The molecule has 3 aromatic rings. The van der Waals surface area contributed by atoms with Gasteiger partial charge in [0.15, 0.2) is 5.65 Å². The van der Waals surface area contributed by atoms with Gasteiger partial charge in [-0.3, -0.25) is 4.79 Å². The zero-order chi connectivity index (χ0) is 17.6. The van der Waals surface area contributed by atoms with Crippen molar-refractivity contribution < 1.29 is 9.18 Å². The number of carbonyl (C=O) groups is 1. The molecule has 0 spiro atoms. The summed E-state index contributed by atoms with van der Waals surface area (Å²) >= 11 is 0. The number of carbonyl (C=O) groups excluding carboxylic acids is 1. The number of aromatic nitrogens is 3. The monoisotopic (exact) mass is 338 g/mol. The van der Waals surface area contributed by atoms with E-state index in [-0.39, 0.29) is 17.6 Å². The number of fused-ring (bicyclic) bond motifs is 1. The molecule has 0 aliphatic carbocycles. The van der Waals surface area contributed by atoms with Gasteiger partial charge in [0.25, 0.3) is 5.91 Å². The molecule has 0 saturated carbocycles. The van der Waals surface area contributed by atoms with Gasteiger partial charge in [-0.25, -0.2) is 13.9 Å². The van der Waals surface area contributed by atoms with Gasteiger partial charge in [-0.15, -0.1) is 0 Å². The quantitative estimate of drug-likeness (QED) is 0.721. The van der Waals surface area contributed by atoms with E-state index in [2.05, 4.69) is 10.1 Å². The molecule has 1 aromatic carbocycles. The zero-order valence-corrected chi connectivity index (χ0v) is 14.2. The van der Waals surface area contributed by atoms with Gasteiger partial charge in [0.05, 0.1) is 5.69 Å². The van der Waals surface area contributed by atoms with E-state index in [1.807, 2.05) is 26.0 Å². The molecule has 25 heavy (non-hydrogen) atoms. The Hall–Kier alpha value is -2.76. The van der Waals surface area contributed by atoms with E-state index < -0.39 is 0 Å². The Labute approximate surface area is 145 Å². The van der Waals surface area contributed by atoms with Crippen LogP contribution >= 0.6 is 0 Å². The average molecular weight is 338 g/mol. The molecule has 4 rings (SSSR count). The number of amides is 1. The van der Waals surface area contributed by atoms with Gasteiger partial charge in [-0.2, -0.15) is 5.10 Å². The second kappa shape index (κ2) is 5.95. The Morgan fingerprint density at radius 1 is 1.24 bits per heavy atom. The summed E-state index contributed by atoms with van der Waals surface area (Å²) in [4.78, 5) is 19.1. The molecular formula is C19H19FN4O. The number of hydrogen-bond acceptors (Lipinski definition) is 3. The summed E-state index contributed by atoms with van der Waals surface area (Å²) < 4.78 is 15.7. The van der Waals surface area contributed by atoms with Crippen LogP contribution in [0, 0.1) is 19.7 Å². The van der Waals surface area contributed by atoms with Crippen LogP contribution in [0.1, 0.15) is 39.8 Å². The van der Waals surface area contributed by atoms with Crippen molar-refractivity contribution in [3.05, 3.63) is 64.9 Å². The first-order valence-corrected chi connectivity index (χ1v) is 8.40. The van der Waals surface area contributed by atoms with Crippen LogP contribution in [0.3, 0.4) is 0 Å². The first kappa shape index (κ1) is 15.7. The van der Waals surface area contributed by atoms with E-state index in [9.17, 15) is 9.18 Å². The first-order valence-electron chi connectivity index (χ1n) is 8.40. The molecule has 0 radical (unpaired) electrons. The van der Waals surface area contributed by atoms with Crippen LogP contribution < -0.4 is 0 Å². The van der Waals surface area contributed by atoms with Crippen molar-refractivity contribution in [3.63, 3.8) is 0 Å². The van der Waals surface area contributed by atoms with Crippen LogP contribution in [0.4, 0.5) is 4.39 Å². The van der Waals surface area contributed by atoms with Crippen molar-refractivity contribution in [2.75, 3.05) is 13.1 Å². The molecule has 6 heteroatoms. The smallest absolute Gasteiger partial charge is 0.272 e. The topological polar surface area (TPSA) is 50.5 Å². The molecule has 128 valence electrons. The lowest BCUT2D eigenvalue weighted by atomic mass is 9.98. The molecule has 0 bridgehead atoms. The van der Waals surface area contributed by atoms with Crippen LogP contribution in [0.25, 0.3) is 5.65 Å². The number of nitrogens with zero attached hydrogens (tertiary/aromatic N) is 4. The van der Waals surface area contributed by atoms with Gasteiger partial charge < -0.3 is 4.90 Å². The number of likely N-dealkylation sites (tertiary alicyclic amines) is 1. The van der Waals surface area contributed by atoms with E-state index in [0.717, 1.165) is 17.8 Å². The molecule has 1 amide bonds. The molecule has 1 fully saturated rings. The van der Waals surface area contributed by atoms with Crippen molar-refractivity contribution in [2.24, 2.45) is 0 Å². The van der Waals surface area contributed by atoms with Crippen LogP contribution in [-0.4, -0.2) is 38.5 Å². The third kappa shape index (κ3) is 2.77. The van der Waals surface area contributed by atoms with E-state index in [4.69, 9.17) is 0 Å². The minimum atomic E-state index is -0.202. The van der Waals surface area contributed by atoms with Crippen molar-refractivity contribution in [3.8, 4) is 0 Å². The number of halogens is 1. The molecule has 0 unspecified atom stereocenters. The predicted octanol–water partition coefficient (Wildman–Crippen LogP) is 3.11. The van der Waals surface area contributed by atoms with Gasteiger partial charge in [0.1, 0.15) is 11.5 Å². The van der Waals surface area contributed by atoms with Gasteiger partial charge in [-0.05, 0) is 38.0 Å². The Kier molecular flexibility index (Phi) is 3.75. The summed E-state index contributed by atoms with van der Waals surface area (Å²) in [5.74, 6) is -0.276. The van der Waals surface area contributed by atoms with Crippen molar-refractivity contribution >= 4 is 11.6 Å². The highest BCUT2D eigenvalue weighted by atomic mass is 19.1. The summed E-state index contributed by atoms with van der Waals surface area (Å²) in [5, 5.41) is 4.36. The molecule has 5 nitrogen and oxygen atoms in total. The number of benzene rings is 1. The van der Waals surface area contributed by atoms with Crippen LogP contribution in [0.5, 0.6) is 0 Å². The molecule has 1 aliphatic heterocycles. The van der Waals surface area contributed by atoms with Crippen molar-refractivity contribution in [1.82, 2.24) is 19.5 Å². The maximum Gasteiger partial charge on any atom is 0.272 e. The summed E-state index contributed by atoms with van der Waals surface area (Å²) in [6.07, 6.45) is 0.764. The Bertz CT molecular complexity index is 965. The summed E-state index contributed by atoms with van der Waals surface area (Å²) in [7, 11) is 0. The summed E-state index contributed by atoms with van der Waals surface area (Å²) in [6, 6.07) is 10.4. The van der Waals surface area contributed by atoms with Crippen LogP contribution in [0.15, 0.2) is 36.4 Å². The third-order valence-electron chi connectivity index (χ3n) is 4.77. The zero-order valence-electron chi connectivity index (χ0n) is 14.2. The normalized spacial score (nSPS) is 17.4. The Balaban J connectivity index is 1.59. The SMILES string of the molecule is Cc1cc2nc(C(=O)N3CC[C@@H](c4ccccc4F)C3)cc(C)n2n1. The number of aryl methyl sites for hydroxylation is 2. The van der Waals surface area contributed by atoms with E-state index in [1.54, 1.807) is 27.6 Å². The minimum Gasteiger partial charge on any atom is -0.337 e. The standard InChI is InChI=1S/C19H19FN4O/c1-12-9-18-21-17(10-13(2)24(18)22-12)19(25)23-8-7-14(11-23)15-5-3-4-6-16(15)20/h3-6,9-10,14H,7-8,11H2,1-2H3/t14-/m1/s1. The molecular weight excluding hydrogens is 319 g/mol. The fraction of sp³-hybridized carbons (Fsp3) is 0.316. The minimum absolute atomic E-state index is 0.0344. The maximum absolute atomic E-state index is 14.0. The van der Waals surface area contributed by atoms with Crippen LogP contribution in [-0.2, 0) is 0 Å². The summed E-state index contributed by atoms with van der Waals surface area (Å²) in [6.45, 7) is 4.94.